The van der Waals surface area contributed by atoms with Crippen LogP contribution in [0.15, 0.2) is 134 Å². The number of hydrogen-bond donors (Lipinski definition) is 6. The summed E-state index contributed by atoms with van der Waals surface area (Å²) in [5, 5.41) is 54.4. The lowest BCUT2D eigenvalue weighted by molar-refractivity contribution is -0.302. The Morgan fingerprint density at radius 1 is 0.486 bits per heavy atom. The Bertz CT molecular complexity index is 1580. The molecule has 7 atom stereocenters. The van der Waals surface area contributed by atoms with Crippen LogP contribution in [0.1, 0.15) is 200 Å². The molecule has 0 aromatic rings. The van der Waals surface area contributed by atoms with E-state index in [1.54, 1.807) is 6.08 Å². The summed E-state index contributed by atoms with van der Waals surface area (Å²) < 4.78 is 11.2. The maximum Gasteiger partial charge on any atom is 0.220 e. The van der Waals surface area contributed by atoms with Crippen molar-refractivity contribution in [1.82, 2.24) is 5.32 Å². The minimum Gasteiger partial charge on any atom is -0.394 e. The van der Waals surface area contributed by atoms with Crippen LogP contribution in [0.2, 0.25) is 0 Å². The van der Waals surface area contributed by atoms with Gasteiger partial charge in [-0.2, -0.15) is 0 Å². The summed E-state index contributed by atoms with van der Waals surface area (Å²) in [6.07, 6.45) is 70.8. The van der Waals surface area contributed by atoms with E-state index in [0.29, 0.717) is 12.8 Å². The topological polar surface area (TPSA) is 149 Å². The Morgan fingerprint density at radius 2 is 0.875 bits per heavy atom. The molecule has 1 aliphatic heterocycles. The SMILES string of the molecule is CC/C=C\C/C=C\C/C=C\C/C=C\C/C=C\C/C=C\C/C=C\C/C=C\CCCCC(=O)NC(COC1OC(CO)C(O)C(O)C1O)C(O)/C=C/CC/C=C/CC/C=C/CCCCCCCCCCCCCC. The number of aliphatic hydroxyl groups is 5. The zero-order valence-electron chi connectivity index (χ0n) is 45.1. The summed E-state index contributed by atoms with van der Waals surface area (Å²) in [5.41, 5.74) is 0. The molecule has 0 aromatic heterocycles. The lowest BCUT2D eigenvalue weighted by Gasteiger charge is -2.40. The summed E-state index contributed by atoms with van der Waals surface area (Å²) in [6.45, 7) is 3.61. The normalized spacial score (nSPS) is 20.2. The van der Waals surface area contributed by atoms with Crippen molar-refractivity contribution in [2.45, 2.75) is 243 Å². The molecule has 1 heterocycles. The molecule has 1 aliphatic rings. The molecular formula is C63H103NO8. The van der Waals surface area contributed by atoms with E-state index < -0.39 is 49.5 Å². The van der Waals surface area contributed by atoms with E-state index in [1.165, 1.54) is 77.0 Å². The van der Waals surface area contributed by atoms with E-state index in [4.69, 9.17) is 9.47 Å². The summed E-state index contributed by atoms with van der Waals surface area (Å²) in [4.78, 5) is 13.0. The highest BCUT2D eigenvalue weighted by Gasteiger charge is 2.44. The predicted molar refractivity (Wildman–Crippen MR) is 303 cm³/mol. The van der Waals surface area contributed by atoms with Crippen LogP contribution in [-0.2, 0) is 14.3 Å². The third-order valence-electron chi connectivity index (χ3n) is 12.4. The van der Waals surface area contributed by atoms with Gasteiger partial charge in [0.25, 0.3) is 0 Å². The summed E-state index contributed by atoms with van der Waals surface area (Å²) in [7, 11) is 0. The fourth-order valence-corrected chi connectivity index (χ4v) is 7.97. The monoisotopic (exact) mass is 1000 g/mol. The molecule has 0 saturated carbocycles. The number of nitrogens with one attached hydrogen (secondary N) is 1. The zero-order valence-corrected chi connectivity index (χ0v) is 45.1. The summed E-state index contributed by atoms with van der Waals surface area (Å²) in [5.74, 6) is -0.239. The van der Waals surface area contributed by atoms with Crippen molar-refractivity contribution < 1.29 is 39.8 Å². The van der Waals surface area contributed by atoms with Gasteiger partial charge >= 0.3 is 0 Å². The van der Waals surface area contributed by atoms with Gasteiger partial charge in [0, 0.05) is 6.42 Å². The molecule has 7 unspecified atom stereocenters. The van der Waals surface area contributed by atoms with Crippen molar-refractivity contribution in [2.24, 2.45) is 0 Å². The van der Waals surface area contributed by atoms with Crippen molar-refractivity contribution in [2.75, 3.05) is 13.2 Å². The van der Waals surface area contributed by atoms with Crippen molar-refractivity contribution in [1.29, 1.82) is 0 Å². The fraction of sp³-hybridized carbons (Fsp3) is 0.635. The van der Waals surface area contributed by atoms with Gasteiger partial charge in [-0.05, 0) is 109 Å². The Balaban J connectivity index is 2.35. The number of carbonyl (C=O) groups is 1. The molecule has 1 fully saturated rings. The number of carbonyl (C=O) groups excluding carboxylic acids is 1. The van der Waals surface area contributed by atoms with Gasteiger partial charge in [0.05, 0.1) is 25.4 Å². The van der Waals surface area contributed by atoms with E-state index in [2.05, 4.69) is 141 Å². The number of hydrogen-bond acceptors (Lipinski definition) is 8. The van der Waals surface area contributed by atoms with Gasteiger partial charge in [0.1, 0.15) is 24.4 Å². The highest BCUT2D eigenvalue weighted by Crippen LogP contribution is 2.22. The van der Waals surface area contributed by atoms with Crippen molar-refractivity contribution in [3.05, 3.63) is 134 Å². The molecule has 72 heavy (non-hydrogen) atoms. The van der Waals surface area contributed by atoms with E-state index in [1.807, 2.05) is 6.08 Å². The smallest absolute Gasteiger partial charge is 0.220 e. The Labute approximate surface area is 439 Å². The molecule has 408 valence electrons. The average molecular weight is 1000 g/mol. The van der Waals surface area contributed by atoms with Gasteiger partial charge in [-0.1, -0.05) is 218 Å². The number of amides is 1. The van der Waals surface area contributed by atoms with Crippen LogP contribution < -0.4 is 5.32 Å². The maximum absolute atomic E-state index is 13.0. The molecule has 9 heteroatoms. The number of unbranched alkanes of at least 4 members (excludes halogenated alkanes) is 16. The molecule has 9 nitrogen and oxygen atoms in total. The van der Waals surface area contributed by atoms with Crippen LogP contribution in [0.5, 0.6) is 0 Å². The standard InChI is InChI=1S/C63H103NO8/c1-3-5-7-9-11-13-15-17-19-21-23-25-27-28-29-30-31-33-35-37-39-41-43-45-47-49-51-53-59(67)64-56(55-71-63-62(70)61(69)60(68)58(54-65)72-63)57(66)52-50-48-46-44-42-40-38-36-34-32-26-24-22-20-18-16-14-12-10-8-6-4-2/h5,7,11,13,17,19,23,25,28-29,31,33-34,36-37,39,42-45,50,52,56-58,60-63,65-66,68-70H,3-4,6,8-10,12,14-16,18,20-22,24,26-27,30,32,35,38,40-41,46-49,51,53-55H2,1-2H3,(H,64,67)/b7-5-,13-11-,19-17-,25-23-,29-28-,33-31-,36-34+,39-37-,44-42+,45-43-,52-50+. The Kier molecular flexibility index (Phi) is 46.9. The van der Waals surface area contributed by atoms with Crippen LogP contribution in [0.25, 0.3) is 0 Å². The lowest BCUT2D eigenvalue weighted by atomic mass is 9.99. The molecule has 1 saturated heterocycles. The third-order valence-corrected chi connectivity index (χ3v) is 12.4. The third kappa shape index (κ3) is 39.8. The van der Waals surface area contributed by atoms with Gasteiger partial charge in [-0.25, -0.2) is 0 Å². The quantitative estimate of drug-likeness (QED) is 0.0261. The van der Waals surface area contributed by atoms with E-state index in [-0.39, 0.29) is 18.9 Å². The van der Waals surface area contributed by atoms with Gasteiger partial charge in [0.2, 0.25) is 5.91 Å². The molecule has 0 spiro atoms. The molecule has 1 amide bonds. The fourth-order valence-electron chi connectivity index (χ4n) is 7.97. The molecule has 0 aromatic carbocycles. The van der Waals surface area contributed by atoms with Crippen LogP contribution >= 0.6 is 0 Å². The highest BCUT2D eigenvalue weighted by atomic mass is 16.7. The lowest BCUT2D eigenvalue weighted by Crippen LogP contribution is -2.60. The maximum atomic E-state index is 13.0. The molecule has 1 rings (SSSR count). The second-order valence-electron chi connectivity index (χ2n) is 19.0. The molecule has 0 aliphatic carbocycles. The highest BCUT2D eigenvalue weighted by molar-refractivity contribution is 5.76. The zero-order chi connectivity index (χ0) is 52.2. The minimum atomic E-state index is -1.59. The van der Waals surface area contributed by atoms with Gasteiger partial charge in [-0.15, -0.1) is 0 Å². The molecule has 6 N–H and O–H groups in total. The van der Waals surface area contributed by atoms with Crippen LogP contribution in [0, 0.1) is 0 Å². The van der Waals surface area contributed by atoms with Crippen LogP contribution in [0.4, 0.5) is 0 Å². The van der Waals surface area contributed by atoms with E-state index in [9.17, 15) is 30.3 Å². The van der Waals surface area contributed by atoms with Crippen LogP contribution in [-0.4, -0.2) is 87.5 Å². The van der Waals surface area contributed by atoms with Crippen molar-refractivity contribution >= 4 is 5.91 Å². The second-order valence-corrected chi connectivity index (χ2v) is 19.0. The second kappa shape index (κ2) is 50.8. The largest absolute Gasteiger partial charge is 0.394 e. The molecule has 0 radical (unpaired) electrons. The first kappa shape index (κ1) is 66.3. The number of aliphatic hydroxyl groups excluding tert-OH is 5. The number of ether oxygens (including phenoxy) is 2. The summed E-state index contributed by atoms with van der Waals surface area (Å²) in [6, 6.07) is -0.863. The van der Waals surface area contributed by atoms with Gasteiger partial charge in [0.15, 0.2) is 6.29 Å². The van der Waals surface area contributed by atoms with E-state index >= 15 is 0 Å². The number of rotatable bonds is 46. The number of allylic oxidation sites excluding steroid dienone is 21. The first-order valence-electron chi connectivity index (χ1n) is 28.4. The van der Waals surface area contributed by atoms with Crippen molar-refractivity contribution in [3.63, 3.8) is 0 Å². The van der Waals surface area contributed by atoms with Crippen molar-refractivity contribution in [3.8, 4) is 0 Å². The van der Waals surface area contributed by atoms with Gasteiger partial charge < -0.3 is 40.3 Å². The Hall–Kier alpha value is -3.67. The van der Waals surface area contributed by atoms with E-state index in [0.717, 1.165) is 89.9 Å². The predicted octanol–water partition coefficient (Wildman–Crippen LogP) is 14.1. The first-order valence-corrected chi connectivity index (χ1v) is 28.4. The molecular weight excluding hydrogens is 899 g/mol. The minimum absolute atomic E-state index is 0.233. The van der Waals surface area contributed by atoms with Crippen LogP contribution in [0.3, 0.4) is 0 Å². The average Bonchev–Trinajstić information content (AvgIpc) is 3.38. The first-order chi connectivity index (χ1) is 35.3. The summed E-state index contributed by atoms with van der Waals surface area (Å²) >= 11 is 0. The molecule has 0 bridgehead atoms. The van der Waals surface area contributed by atoms with Gasteiger partial charge in [-0.3, -0.25) is 4.79 Å². The Morgan fingerprint density at radius 3 is 1.33 bits per heavy atom.